The SMILES string of the molecule is C.C.C1CCC([PH+](C2CCCCC2)C2CCCCC2)CC1.C1CCC([PH+](C2CCCCC2)C2CCCCC2)CC1.CC(C)OP(OC(C)C)OC(C)C.CC(C)O[P+](=O)OC(C)C.CC(C)O[PH+](OC(C)C)OC(C)C.C[CH-]C.[Cl][Ru]([Cl])=[C]1C=C(c2ccccc2)c2ccccc21.[Cl][Ru]([Cl])=[C]1C=C(c2ccccc2)c2ccccc21. The van der Waals surface area contributed by atoms with Crippen LogP contribution in [-0.4, -0.2) is 91.0 Å². The van der Waals surface area contributed by atoms with E-state index in [2.05, 4.69) is 72.8 Å². The van der Waals surface area contributed by atoms with Crippen molar-refractivity contribution in [3.63, 3.8) is 0 Å². The van der Waals surface area contributed by atoms with Gasteiger partial charge in [0, 0.05) is 20.4 Å². The molecule has 0 aliphatic heterocycles. The zero-order valence-electron chi connectivity index (χ0n) is 72.7. The fourth-order valence-electron chi connectivity index (χ4n) is 16.6. The molecule has 0 unspecified atom stereocenters. The van der Waals surface area contributed by atoms with Crippen LogP contribution in [0.4, 0.5) is 0 Å². The molecule has 0 amide bonds. The molecule has 0 N–H and O–H groups in total. The molecule has 115 heavy (non-hydrogen) atoms. The molecule has 4 aromatic carbocycles. The quantitative estimate of drug-likeness (QED) is 0.0386. The second-order valence-corrected chi connectivity index (χ2v) is 55.2. The number of benzene rings is 4. The zero-order chi connectivity index (χ0) is 82.6. The molecule has 0 aromatic heterocycles. The van der Waals surface area contributed by atoms with E-state index in [1.807, 2.05) is 180 Å². The fraction of sp³-hybridized carbons (Fsp3) is 0.674. The maximum atomic E-state index is 10.8. The van der Waals surface area contributed by atoms with Crippen molar-refractivity contribution < 1.29 is 67.8 Å². The van der Waals surface area contributed by atoms with Gasteiger partial charge in [0.15, 0.2) is 0 Å². The van der Waals surface area contributed by atoms with Crippen molar-refractivity contribution in [1.29, 1.82) is 0 Å². The summed E-state index contributed by atoms with van der Waals surface area (Å²) >= 11 is -3.76. The molecule has 20 heteroatoms. The molecule has 660 valence electrons. The third kappa shape index (κ3) is 43.2. The minimum absolute atomic E-state index is 0. The van der Waals surface area contributed by atoms with Gasteiger partial charge < -0.3 is 20.0 Å². The van der Waals surface area contributed by atoms with Crippen LogP contribution in [0.3, 0.4) is 0 Å². The Morgan fingerprint density at radius 1 is 0.339 bits per heavy atom. The van der Waals surface area contributed by atoms with Crippen molar-refractivity contribution in [3.8, 4) is 0 Å². The van der Waals surface area contributed by atoms with E-state index in [1.165, 1.54) is 78.5 Å². The summed E-state index contributed by atoms with van der Waals surface area (Å²) in [5.74, 6) is 0. The van der Waals surface area contributed by atoms with E-state index in [1.54, 1.807) is 193 Å². The van der Waals surface area contributed by atoms with E-state index in [0.717, 1.165) is 8.21 Å². The molecule has 0 saturated heterocycles. The monoisotopic (exact) mass is 1940 g/mol. The van der Waals surface area contributed by atoms with Crippen molar-refractivity contribution in [1.82, 2.24) is 0 Å². The molecule has 0 radical (unpaired) electrons. The van der Waals surface area contributed by atoms with E-state index in [4.69, 9.17) is 75.0 Å². The Balaban J connectivity index is 0.000000348. The number of fused-ring (bicyclic) bond motifs is 2. The Morgan fingerprint density at radius 2 is 0.557 bits per heavy atom. The van der Waals surface area contributed by atoms with Crippen molar-refractivity contribution in [2.24, 2.45) is 0 Å². The summed E-state index contributed by atoms with van der Waals surface area (Å²) in [5, 5.41) is 0. The van der Waals surface area contributed by atoms with Crippen LogP contribution >= 0.6 is 80.1 Å². The fourth-order valence-corrected chi connectivity index (χ4v) is 35.2. The summed E-state index contributed by atoms with van der Waals surface area (Å²) in [5.41, 5.74) is 17.1. The average molecular weight is 1950 g/mol. The van der Waals surface area contributed by atoms with Crippen molar-refractivity contribution in [2.45, 2.75) is 415 Å². The summed E-state index contributed by atoms with van der Waals surface area (Å²) in [4.78, 5) is 0. The first kappa shape index (κ1) is 109. The topological polar surface area (TPSA) is 90.9 Å². The van der Waals surface area contributed by atoms with Gasteiger partial charge in [-0.05, 0) is 265 Å². The van der Waals surface area contributed by atoms with Crippen LogP contribution in [0.15, 0.2) is 121 Å². The first-order valence-electron chi connectivity index (χ1n) is 43.6. The molecule has 4 aromatic rings. The van der Waals surface area contributed by atoms with Gasteiger partial charge in [-0.25, -0.2) is 0 Å². The van der Waals surface area contributed by atoms with Gasteiger partial charge >= 0.3 is 265 Å². The van der Waals surface area contributed by atoms with Crippen LogP contribution in [0, 0.1) is 6.42 Å². The average Bonchev–Trinajstić information content (AvgIpc) is 1.67. The van der Waals surface area contributed by atoms with E-state index in [-0.39, 0.29) is 79.5 Å². The Kier molecular flexibility index (Phi) is 59.8. The second kappa shape index (κ2) is 63.0. The van der Waals surface area contributed by atoms with E-state index >= 15 is 0 Å². The molecule has 0 atom stereocenters. The maximum absolute atomic E-state index is 10.8. The summed E-state index contributed by atoms with van der Waals surface area (Å²) in [6.07, 6.45) is 54.7. The normalized spacial score (nSPS) is 17.9. The van der Waals surface area contributed by atoms with Crippen LogP contribution < -0.4 is 0 Å². The van der Waals surface area contributed by atoms with Crippen molar-refractivity contribution in [2.75, 3.05) is 0 Å². The number of rotatable bonds is 24. The molecule has 0 heterocycles. The summed E-state index contributed by atoms with van der Waals surface area (Å²) < 4.78 is 55.8. The van der Waals surface area contributed by atoms with Gasteiger partial charge in [-0.1, -0.05) is 53.4 Å². The van der Waals surface area contributed by atoms with Gasteiger partial charge in [0.2, 0.25) is 0 Å². The van der Waals surface area contributed by atoms with Crippen LogP contribution in [0.2, 0.25) is 0 Å². The summed E-state index contributed by atoms with van der Waals surface area (Å²) in [7, 11) is 20.0. The van der Waals surface area contributed by atoms with E-state index < -0.39 is 52.5 Å². The van der Waals surface area contributed by atoms with Gasteiger partial charge in [0.1, 0.15) is 30.5 Å². The number of hydrogen-bond acceptors (Lipinski definition) is 9. The molecule has 9 nitrogen and oxygen atoms in total. The molecule has 8 aliphatic carbocycles. The molecular formula is C95H160Cl4O9P5Ru2+3. The van der Waals surface area contributed by atoms with E-state index in [0.29, 0.717) is 0 Å². The molecular weight excluding hydrogens is 1780 g/mol. The van der Waals surface area contributed by atoms with Crippen LogP contribution in [0.5, 0.6) is 0 Å². The predicted molar refractivity (Wildman–Crippen MR) is 511 cm³/mol. The second-order valence-electron chi connectivity index (χ2n) is 33.5. The Hall–Kier alpha value is 0.00675. The first-order chi connectivity index (χ1) is 54.2. The van der Waals surface area contributed by atoms with E-state index in [9.17, 15) is 4.57 Å². The van der Waals surface area contributed by atoms with Crippen LogP contribution in [0.25, 0.3) is 11.1 Å². The van der Waals surface area contributed by atoms with Gasteiger partial charge in [-0.2, -0.15) is 27.4 Å². The Morgan fingerprint density at radius 3 is 0.757 bits per heavy atom. The molecule has 6 saturated carbocycles. The van der Waals surface area contributed by atoms with Crippen LogP contribution in [0.1, 0.15) is 365 Å². The molecule has 6 fully saturated rings. The summed E-state index contributed by atoms with van der Waals surface area (Å²) in [6.45, 7) is 35.0. The third-order valence-corrected chi connectivity index (χ3v) is 41.2. The van der Waals surface area contributed by atoms with Gasteiger partial charge in [0.25, 0.3) is 0 Å². The first-order valence-corrected chi connectivity index (χ1v) is 61.2. The Labute approximate surface area is 736 Å². The van der Waals surface area contributed by atoms with Crippen molar-refractivity contribution >= 4 is 99.4 Å². The molecule has 8 aliphatic rings. The third-order valence-electron chi connectivity index (χ3n) is 20.9. The number of halogens is 4. The van der Waals surface area contributed by atoms with Crippen LogP contribution in [-0.2, 0) is 67.8 Å². The van der Waals surface area contributed by atoms with Gasteiger partial charge in [0.05, 0.1) is 52.3 Å². The number of hydrogen-bond donors (Lipinski definition) is 0. The van der Waals surface area contributed by atoms with Crippen molar-refractivity contribution in [3.05, 3.63) is 161 Å². The number of allylic oxidation sites excluding steroid dienone is 2. The Bertz CT molecular complexity index is 2970. The molecule has 12 rings (SSSR count). The summed E-state index contributed by atoms with van der Waals surface area (Å²) in [6, 6.07) is 37.3. The zero-order valence-corrected chi connectivity index (χ0v) is 84.0. The van der Waals surface area contributed by atoms with Gasteiger partial charge in [-0.15, -0.1) is 9.05 Å². The minimum atomic E-state index is -1.91. The standard InChI is InChI=1S/2C18H33P.2C15H10.C9H22O3P.C9H21O3P.C6H14O3P.C3H7.2CH4.4ClH.2Ru/c2*1-4-10-16(11-5-1)19(17-12-6-2-7-13-17)18-14-8-3-9-15-18;2*1-2-6-12(7-3-1)15-11-10-13-8-4-5-9-14(13)15;2*1-7(2)10-13(11-8(3)4)12-9(5)6;1-5(2)8-10(7)9-6(3)4;1-3-2;;;;;;;;/h2*16-18H,1-15H2;2*1-9,11H;7-9,13H,1-6H3;7-9H,1-6H3;5-6H,1-4H3;3H,1-2H3;2*1H4;4*1H;;/q;;;;+1;;+1;-1;;;;;;;2*+2/p-2. The molecule has 0 spiro atoms. The molecule has 0 bridgehead atoms. The predicted octanol–water partition coefficient (Wildman–Crippen LogP) is 33.3. The van der Waals surface area contributed by atoms with Gasteiger partial charge in [-0.3, -0.25) is 0 Å².